The summed E-state index contributed by atoms with van der Waals surface area (Å²) in [5.74, 6) is 0. The van der Waals surface area contributed by atoms with Gasteiger partial charge in [0.05, 0.1) is 0 Å². The minimum atomic E-state index is 0. The van der Waals surface area contributed by atoms with Gasteiger partial charge in [-0.15, -0.1) is 0 Å². The van der Waals surface area contributed by atoms with E-state index in [1.807, 2.05) is 0 Å². The molecule has 0 radical (unpaired) electrons. The van der Waals surface area contributed by atoms with Crippen molar-refractivity contribution in [1.29, 1.82) is 0 Å². The second kappa shape index (κ2) is 114. The van der Waals surface area contributed by atoms with Crippen molar-refractivity contribution in [3.8, 4) is 0 Å². The van der Waals surface area contributed by atoms with Crippen molar-refractivity contribution < 1.29 is 21.2 Å². The van der Waals surface area contributed by atoms with Crippen LogP contribution in [-0.4, -0.2) is 4.70 Å². The van der Waals surface area contributed by atoms with Gasteiger partial charge in [-0.25, -0.2) is 4.70 Å². The van der Waals surface area contributed by atoms with Crippen LogP contribution in [0, 0.1) is 13.2 Å². The molecule has 0 N–H and O–H groups in total. The van der Waals surface area contributed by atoms with Gasteiger partial charge in [0.2, 0.25) is 11.4 Å². The van der Waals surface area contributed by atoms with Crippen molar-refractivity contribution in [3.63, 3.8) is 0 Å². The fraction of sp³-hybridized carbons (Fsp3) is 0.820. The van der Waals surface area contributed by atoms with Crippen LogP contribution in [0.2, 0.25) is 0 Å². The number of benzene rings is 2. The number of nitrogens with zero attached hydrogens (tertiary/aromatic N) is 2. The number of unbranched alkanes of at least 4 members (excludes halogenated alkanes) is 93. The third kappa shape index (κ3) is 89.8. The number of aryl methyl sites for hydroxylation is 2. The molecule has 2 aromatic carbocycles. The second-order valence-electron chi connectivity index (χ2n) is 43.3. The van der Waals surface area contributed by atoms with Gasteiger partial charge in [0, 0.05) is 22.3 Å². The van der Waals surface area contributed by atoms with Crippen LogP contribution in [0.15, 0.2) is 96.1 Å². The third-order valence-corrected chi connectivity index (χ3v) is 30.2. The van der Waals surface area contributed by atoms with Crippen LogP contribution >= 0.6 is 0 Å². The fourth-order valence-electron chi connectivity index (χ4n) is 21.0. The van der Waals surface area contributed by atoms with Crippen LogP contribution in [-0.2, 0) is 29.3 Å². The van der Waals surface area contributed by atoms with E-state index >= 15 is 0 Å². The van der Waals surface area contributed by atoms with Gasteiger partial charge < -0.3 is 18.7 Å². The summed E-state index contributed by atoms with van der Waals surface area (Å²) in [7, 11) is 0. The normalized spacial score (nSPS) is 12.2. The van der Waals surface area contributed by atoms with Crippen molar-refractivity contribution in [2.45, 2.75) is 703 Å². The predicted molar refractivity (Wildman–Crippen MR) is 614 cm³/mol. The Morgan fingerprint density at radius 1 is 0.199 bits per heavy atom. The van der Waals surface area contributed by atoms with Crippen molar-refractivity contribution in [1.82, 2.24) is 0 Å². The van der Waals surface area contributed by atoms with Crippen LogP contribution in [0.4, 0.5) is 0 Å². The Morgan fingerprint density at radius 3 is 0.551 bits per heavy atom. The van der Waals surface area contributed by atoms with Crippen LogP contribution in [0.25, 0.3) is 16.9 Å². The Balaban J connectivity index is 0.00000259. The first-order valence-electron chi connectivity index (χ1n) is 62.4. The Kier molecular flexibility index (Phi) is 111. The zero-order valence-electron chi connectivity index (χ0n) is 93.3. The smallest absolute Gasteiger partial charge is 0.518 e. The molecule has 792 valence electrons. The summed E-state index contributed by atoms with van der Waals surface area (Å²) >= 11 is 0. The summed E-state index contributed by atoms with van der Waals surface area (Å²) in [5.41, 5.74) is 21.8. The molecule has 1 aliphatic rings. The van der Waals surface area contributed by atoms with Gasteiger partial charge >= 0.3 is 16.5 Å². The third-order valence-electron chi connectivity index (χ3n) is 30.2. The molecule has 0 fully saturated rings. The molecule has 3 heteroatoms. The minimum absolute atomic E-state index is 0. The van der Waals surface area contributed by atoms with Crippen LogP contribution in [0.1, 0.15) is 712 Å². The minimum Gasteiger partial charge on any atom is -0.518 e. The zero-order valence-corrected chi connectivity index (χ0v) is 94.3. The van der Waals surface area contributed by atoms with Gasteiger partial charge in [0.25, 0.3) is 0 Å². The largest absolute Gasteiger partial charge is 2.00 e. The molecule has 0 amide bonds. The Labute approximate surface area is 866 Å². The van der Waals surface area contributed by atoms with Gasteiger partial charge in [-0.2, -0.15) is 0 Å². The first-order valence-corrected chi connectivity index (χ1v) is 62.4. The van der Waals surface area contributed by atoms with E-state index in [0.717, 1.165) is 69.2 Å². The van der Waals surface area contributed by atoms with Gasteiger partial charge in [-0.1, -0.05) is 692 Å². The molecular weight excluding hydrogens is 1680 g/mol. The molecule has 0 atom stereocenters. The molecule has 3 rings (SSSR count). The molecular formula is C133H240N2Ni. The fourth-order valence-corrected chi connectivity index (χ4v) is 21.0. The van der Waals surface area contributed by atoms with Crippen LogP contribution < -0.4 is 0 Å². The van der Waals surface area contributed by atoms with E-state index in [0.29, 0.717) is 0 Å². The number of hydrogen-bond acceptors (Lipinski definition) is 0. The topological polar surface area (TPSA) is 25.3 Å². The summed E-state index contributed by atoms with van der Waals surface area (Å²) < 4.78 is 1.58. The van der Waals surface area contributed by atoms with Crippen LogP contribution in [0.5, 0.6) is 0 Å². The number of hydrogen-bond donors (Lipinski definition) is 0. The summed E-state index contributed by atoms with van der Waals surface area (Å²) in [6, 6.07) is 17.7. The molecule has 0 aromatic heterocycles. The SMILES string of the molecule is CCCCCCCCCCCCCCCCCCCCCCCCC=CCCc1ccccc1C1=C(C)C(CCCC)=C(c2ccccc2CCC=CCCCCCCCCCCCCCCCCCCCCCCCC)[N+]1=[N-].[CH-]=CCCCCCCCCCCCCCCCCCCCCCCCCCC.[CH-]=CCCCCCCCCCCCCCCCCCCCCCCCCCC.[Ni+2]. The molecule has 0 saturated heterocycles. The standard InChI is InChI=1S/C77H130N2.2C28H55.Ni/c1-5-8-11-13-15-17-19-21-23-25-27-29-31-33-35-37-39-41-43-45-47-49-51-53-55-57-63-71-65-59-61-68-74(71)76-70(4)73(67-10-7-3)77(79(76)78)75-69-62-60-66-72(75)64-58-56-54-52-50-48-46-44-42-40-38-36-34-32-30-28-26-24-22-20-18-16-14-12-9-6-2;2*1-3-5-7-9-11-13-15-17-19-21-23-25-27-28-26-24-22-20-18-16-14-12-10-8-6-4-2;/h53-56,59-62,65-66,68-69H,5-52,57-58,63-64,67H2,1-4H3;2*1,3H,4-28H2,2H3;/q;2*-1;+2. The van der Waals surface area contributed by atoms with E-state index in [2.05, 4.69) is 114 Å². The predicted octanol–water partition coefficient (Wildman–Crippen LogP) is 48.5. The van der Waals surface area contributed by atoms with Gasteiger partial charge in [-0.3, -0.25) is 12.2 Å². The number of rotatable bonds is 107. The maximum atomic E-state index is 12.3. The van der Waals surface area contributed by atoms with E-state index in [4.69, 9.17) is 13.2 Å². The Bertz CT molecular complexity index is 2790. The average molecular weight is 1930 g/mol. The zero-order chi connectivity index (χ0) is 96.9. The molecule has 2 nitrogen and oxygen atoms in total. The summed E-state index contributed by atoms with van der Waals surface area (Å²) in [5, 5.41) is 0. The van der Waals surface area contributed by atoms with Gasteiger partial charge in [0.15, 0.2) is 0 Å². The van der Waals surface area contributed by atoms with Crippen molar-refractivity contribution in [2.24, 2.45) is 0 Å². The van der Waals surface area contributed by atoms with E-state index < -0.39 is 0 Å². The molecule has 136 heavy (non-hydrogen) atoms. The Hall–Kier alpha value is -3.03. The van der Waals surface area contributed by atoms with Crippen molar-refractivity contribution in [3.05, 3.63) is 137 Å². The maximum Gasteiger partial charge on any atom is 2.00 e. The maximum absolute atomic E-state index is 12.3. The first-order chi connectivity index (χ1) is 67.0. The Morgan fingerprint density at radius 2 is 0.360 bits per heavy atom. The monoisotopic (exact) mass is 1920 g/mol. The molecule has 1 aliphatic heterocycles. The van der Waals surface area contributed by atoms with E-state index in [1.165, 1.54) is 637 Å². The molecule has 0 saturated carbocycles. The molecule has 0 unspecified atom stereocenters. The van der Waals surface area contributed by atoms with Crippen LogP contribution in [0.3, 0.4) is 0 Å². The van der Waals surface area contributed by atoms with E-state index in [-0.39, 0.29) is 16.5 Å². The van der Waals surface area contributed by atoms with E-state index in [1.54, 1.807) is 16.8 Å². The molecule has 1 heterocycles. The summed E-state index contributed by atoms with van der Waals surface area (Å²) in [6.07, 6.45) is 158. The average Bonchev–Trinajstić information content (AvgIpc) is 1.60. The quantitative estimate of drug-likeness (QED) is 0.0207. The molecule has 0 bridgehead atoms. The summed E-state index contributed by atoms with van der Waals surface area (Å²) in [4.78, 5) is 0. The molecule has 2 aromatic rings. The van der Waals surface area contributed by atoms with E-state index in [9.17, 15) is 5.53 Å². The number of allylic oxidation sites excluding steroid dienone is 8. The first kappa shape index (κ1) is 133. The van der Waals surface area contributed by atoms with Crippen molar-refractivity contribution in [2.75, 3.05) is 0 Å². The second-order valence-corrected chi connectivity index (χ2v) is 43.3. The molecule has 0 spiro atoms. The van der Waals surface area contributed by atoms with Crippen molar-refractivity contribution >= 4 is 11.4 Å². The summed E-state index contributed by atoms with van der Waals surface area (Å²) in [6.45, 7) is 24.5. The van der Waals surface area contributed by atoms with Gasteiger partial charge in [-0.05, 0) is 94.4 Å². The molecule has 0 aliphatic carbocycles. The van der Waals surface area contributed by atoms with Gasteiger partial charge in [0.1, 0.15) is 0 Å².